The second kappa shape index (κ2) is 8.48. The summed E-state index contributed by atoms with van der Waals surface area (Å²) < 4.78 is 5.87. The first-order valence-electron chi connectivity index (χ1n) is 7.92. The van der Waals surface area contributed by atoms with Crippen molar-refractivity contribution >= 4 is 23.2 Å². The van der Waals surface area contributed by atoms with Crippen LogP contribution in [0.1, 0.15) is 25.5 Å². The molecule has 1 amide bonds. The third-order valence-corrected chi connectivity index (χ3v) is 4.07. The molecule has 0 N–H and O–H groups in total. The van der Waals surface area contributed by atoms with Crippen LogP contribution in [-0.4, -0.2) is 28.8 Å². The summed E-state index contributed by atoms with van der Waals surface area (Å²) in [4.78, 5) is 24.8. The van der Waals surface area contributed by atoms with Crippen LogP contribution in [0.5, 0.6) is 5.75 Å². The summed E-state index contributed by atoms with van der Waals surface area (Å²) >= 11 is 6.10. The zero-order valence-corrected chi connectivity index (χ0v) is 14.8. The van der Waals surface area contributed by atoms with E-state index in [-0.39, 0.29) is 22.4 Å². The lowest BCUT2D eigenvalue weighted by atomic mass is 10.1. The summed E-state index contributed by atoms with van der Waals surface area (Å²) in [6.07, 6.45) is -0.875. The molecule has 2 rings (SSSR count). The Bertz CT molecular complexity index is 748. The second-order valence-corrected chi connectivity index (χ2v) is 5.70. The number of nitro groups is 1. The van der Waals surface area contributed by atoms with Gasteiger partial charge in [0.25, 0.3) is 11.6 Å². The lowest BCUT2D eigenvalue weighted by Crippen LogP contribution is -2.37. The summed E-state index contributed by atoms with van der Waals surface area (Å²) in [6, 6.07) is 13.0. The van der Waals surface area contributed by atoms with Crippen LogP contribution in [-0.2, 0) is 4.79 Å². The number of carbonyl (C=O) groups excluding carboxylic acids is 1. The molecule has 0 bridgehead atoms. The molecule has 1 atom stereocenters. The van der Waals surface area contributed by atoms with Crippen molar-refractivity contribution in [3.05, 3.63) is 69.2 Å². The number of carbonyl (C=O) groups is 1. The largest absolute Gasteiger partial charge is 0.474 e. The van der Waals surface area contributed by atoms with Crippen LogP contribution in [0.3, 0.4) is 0 Å². The Morgan fingerprint density at radius 3 is 2.36 bits per heavy atom. The Balaban J connectivity index is 2.37. The van der Waals surface area contributed by atoms with E-state index in [1.807, 2.05) is 32.0 Å². The molecule has 0 unspecified atom stereocenters. The molecule has 0 aliphatic rings. The molecule has 2 aromatic rings. The van der Waals surface area contributed by atoms with Crippen molar-refractivity contribution in [1.82, 2.24) is 4.90 Å². The van der Waals surface area contributed by atoms with Gasteiger partial charge in [-0.25, -0.2) is 0 Å². The van der Waals surface area contributed by atoms with Crippen LogP contribution >= 0.6 is 11.6 Å². The maximum Gasteiger partial charge on any atom is 0.271 e. The van der Waals surface area contributed by atoms with Gasteiger partial charge < -0.3 is 9.64 Å². The highest BCUT2D eigenvalue weighted by molar-refractivity contribution is 6.32. The summed E-state index contributed by atoms with van der Waals surface area (Å²) in [6.45, 7) is 4.89. The average Bonchev–Trinajstić information content (AvgIpc) is 2.62. The quantitative estimate of drug-likeness (QED) is 0.545. The van der Waals surface area contributed by atoms with Crippen LogP contribution in [0.4, 0.5) is 5.69 Å². The lowest BCUT2D eigenvalue weighted by molar-refractivity contribution is -0.384. The van der Waals surface area contributed by atoms with E-state index in [4.69, 9.17) is 16.3 Å². The van der Waals surface area contributed by atoms with Gasteiger partial charge in [0.05, 0.1) is 9.95 Å². The molecule has 0 saturated heterocycles. The average molecular weight is 363 g/mol. The molecule has 6 nitrogen and oxygen atoms in total. The molecule has 0 heterocycles. The van der Waals surface area contributed by atoms with E-state index < -0.39 is 11.0 Å². The highest BCUT2D eigenvalue weighted by Gasteiger charge is 2.27. The summed E-state index contributed by atoms with van der Waals surface area (Å²) in [7, 11) is 0. The number of rotatable bonds is 7. The van der Waals surface area contributed by atoms with Crippen LogP contribution in [0.2, 0.25) is 5.02 Å². The molecule has 0 saturated carbocycles. The fraction of sp³-hybridized carbons (Fsp3) is 0.278. The fourth-order valence-corrected chi connectivity index (χ4v) is 2.64. The fourth-order valence-electron chi connectivity index (χ4n) is 2.42. The van der Waals surface area contributed by atoms with Gasteiger partial charge in [0.15, 0.2) is 0 Å². The molecule has 25 heavy (non-hydrogen) atoms. The molecule has 0 spiro atoms. The number of nitro benzene ring substituents is 1. The van der Waals surface area contributed by atoms with E-state index in [0.717, 1.165) is 0 Å². The van der Waals surface area contributed by atoms with Crippen molar-refractivity contribution in [3.63, 3.8) is 0 Å². The van der Waals surface area contributed by atoms with E-state index in [9.17, 15) is 14.9 Å². The molecule has 132 valence electrons. The number of non-ortho nitro benzene ring substituents is 1. The van der Waals surface area contributed by atoms with E-state index in [1.54, 1.807) is 17.0 Å². The number of halogens is 1. The van der Waals surface area contributed by atoms with E-state index in [0.29, 0.717) is 18.7 Å². The SMILES string of the molecule is CCN(CC)C(=O)[C@@H](Oc1ccc([N+](=O)[O-])cc1Cl)c1ccccc1. The van der Waals surface area contributed by atoms with Crippen LogP contribution < -0.4 is 4.74 Å². The minimum absolute atomic E-state index is 0.0856. The van der Waals surface area contributed by atoms with Gasteiger partial charge in [-0.15, -0.1) is 0 Å². The number of ether oxygens (including phenoxy) is 1. The smallest absolute Gasteiger partial charge is 0.271 e. The Hall–Kier alpha value is -2.60. The maximum absolute atomic E-state index is 12.8. The minimum atomic E-state index is -0.875. The number of hydrogen-bond acceptors (Lipinski definition) is 4. The number of hydrogen-bond donors (Lipinski definition) is 0. The van der Waals surface area contributed by atoms with E-state index in [2.05, 4.69) is 0 Å². The number of amides is 1. The first-order chi connectivity index (χ1) is 12.0. The van der Waals surface area contributed by atoms with Crippen LogP contribution in [0.25, 0.3) is 0 Å². The van der Waals surface area contributed by atoms with E-state index in [1.165, 1.54) is 18.2 Å². The number of likely N-dealkylation sites (N-methyl/N-ethyl adjacent to an activating group) is 1. The Labute approximate surface area is 151 Å². The van der Waals surface area contributed by atoms with Crippen molar-refractivity contribution in [1.29, 1.82) is 0 Å². The third-order valence-electron chi connectivity index (χ3n) is 3.77. The number of nitrogens with zero attached hydrogens (tertiary/aromatic N) is 2. The Morgan fingerprint density at radius 2 is 1.84 bits per heavy atom. The minimum Gasteiger partial charge on any atom is -0.474 e. The van der Waals surface area contributed by atoms with Gasteiger partial charge >= 0.3 is 0 Å². The first kappa shape index (κ1) is 18.7. The molecule has 0 fully saturated rings. The Kier molecular flexibility index (Phi) is 6.36. The van der Waals surface area contributed by atoms with Crippen molar-refractivity contribution < 1.29 is 14.5 Å². The molecular weight excluding hydrogens is 344 g/mol. The second-order valence-electron chi connectivity index (χ2n) is 5.29. The van der Waals surface area contributed by atoms with Gasteiger partial charge in [-0.1, -0.05) is 41.9 Å². The molecule has 2 aromatic carbocycles. The summed E-state index contributed by atoms with van der Waals surface area (Å²) in [5.74, 6) is 0.0345. The topological polar surface area (TPSA) is 72.7 Å². The predicted molar refractivity (Wildman–Crippen MR) is 95.8 cm³/mol. The Morgan fingerprint density at radius 1 is 1.20 bits per heavy atom. The number of benzene rings is 2. The monoisotopic (exact) mass is 362 g/mol. The highest BCUT2D eigenvalue weighted by atomic mass is 35.5. The molecule has 7 heteroatoms. The van der Waals surface area contributed by atoms with Crippen molar-refractivity contribution in [2.75, 3.05) is 13.1 Å². The van der Waals surface area contributed by atoms with Crippen LogP contribution in [0, 0.1) is 10.1 Å². The zero-order valence-electron chi connectivity index (χ0n) is 14.0. The molecule has 0 aromatic heterocycles. The van der Waals surface area contributed by atoms with Crippen molar-refractivity contribution in [2.24, 2.45) is 0 Å². The van der Waals surface area contributed by atoms with Gasteiger partial charge in [-0.3, -0.25) is 14.9 Å². The van der Waals surface area contributed by atoms with Gasteiger partial charge in [0, 0.05) is 30.8 Å². The van der Waals surface area contributed by atoms with Crippen molar-refractivity contribution in [2.45, 2.75) is 20.0 Å². The normalized spacial score (nSPS) is 11.6. The van der Waals surface area contributed by atoms with Gasteiger partial charge in [0.2, 0.25) is 6.10 Å². The summed E-state index contributed by atoms with van der Waals surface area (Å²) in [5, 5.41) is 10.9. The molecule has 0 aliphatic heterocycles. The predicted octanol–water partition coefficient (Wildman–Crippen LogP) is 4.24. The van der Waals surface area contributed by atoms with Crippen LogP contribution in [0.15, 0.2) is 48.5 Å². The molecular formula is C18H19ClN2O4. The van der Waals surface area contributed by atoms with Gasteiger partial charge in [-0.05, 0) is 19.9 Å². The highest BCUT2D eigenvalue weighted by Crippen LogP contribution is 2.33. The lowest BCUT2D eigenvalue weighted by Gasteiger charge is -2.26. The zero-order chi connectivity index (χ0) is 18.4. The van der Waals surface area contributed by atoms with E-state index >= 15 is 0 Å². The molecule has 0 radical (unpaired) electrons. The summed E-state index contributed by atoms with van der Waals surface area (Å²) in [5.41, 5.74) is 0.553. The standard InChI is InChI=1S/C18H19ClN2O4/c1-3-20(4-2)18(22)17(13-8-6-5-7-9-13)25-16-11-10-14(21(23)24)12-15(16)19/h5-12,17H,3-4H2,1-2H3/t17-/m0/s1. The van der Waals surface area contributed by atoms with Crippen molar-refractivity contribution in [3.8, 4) is 5.75 Å². The molecule has 0 aliphatic carbocycles. The van der Waals surface area contributed by atoms with Gasteiger partial charge in [-0.2, -0.15) is 0 Å². The first-order valence-corrected chi connectivity index (χ1v) is 8.30. The van der Waals surface area contributed by atoms with Gasteiger partial charge in [0.1, 0.15) is 5.75 Å². The third kappa shape index (κ3) is 4.48. The maximum atomic E-state index is 12.8.